The van der Waals surface area contributed by atoms with Gasteiger partial charge in [0, 0.05) is 5.69 Å². The summed E-state index contributed by atoms with van der Waals surface area (Å²) in [6.45, 7) is 1.39. The maximum atomic E-state index is 13.1. The summed E-state index contributed by atoms with van der Waals surface area (Å²) < 4.78 is 69.5. The fraction of sp³-hybridized carbons (Fsp3) is 0.105. The monoisotopic (exact) mass is 712 g/mol. The zero-order valence-electron chi connectivity index (χ0n) is 21.3. The Morgan fingerprint density at radius 3 is 2.05 bits per heavy atom. The van der Waals surface area contributed by atoms with Crippen molar-refractivity contribution in [1.82, 2.24) is 15.0 Å². The van der Waals surface area contributed by atoms with Gasteiger partial charge in [-0.1, -0.05) is 23.2 Å². The van der Waals surface area contributed by atoms with Crippen molar-refractivity contribution in [1.29, 1.82) is 0 Å². The van der Waals surface area contributed by atoms with Crippen molar-refractivity contribution in [3.63, 3.8) is 0 Å². The quantitative estimate of drug-likeness (QED) is 0.159. The van der Waals surface area contributed by atoms with Gasteiger partial charge >= 0.3 is 59.1 Å². The number of hydrogen-bond donors (Lipinski definition) is 1. The summed E-state index contributed by atoms with van der Waals surface area (Å²) in [6.07, 6.45) is 0. The summed E-state index contributed by atoms with van der Waals surface area (Å²) in [5.74, 6) is -0.950. The standard InChI is InChI=1S/C19H12Cl4N8O7S2.2Na/c1-7-15(16(32)31(30-7)12-5-10(21)14(6-9(12)20)40(36,37)38)29-28-11-4-8(2-3-13(11)39(33,34)35)24-19-26-17(22)25-18(23)27-19;;/h2-6,15H,1H3,(H,33,34,35)(H,36,37,38)(H,24,25,26,27);;/q;2*+1/p-2. The van der Waals surface area contributed by atoms with Crippen LogP contribution in [0.15, 0.2) is 55.5 Å². The first-order chi connectivity index (χ1) is 18.5. The van der Waals surface area contributed by atoms with Crippen LogP contribution in [0.1, 0.15) is 6.92 Å². The zero-order valence-corrected chi connectivity index (χ0v) is 29.9. The van der Waals surface area contributed by atoms with Gasteiger partial charge in [-0.15, -0.1) is 0 Å². The molecule has 210 valence electrons. The molecule has 0 spiro atoms. The number of carbonyl (C=O) groups is 1. The molecule has 0 bridgehead atoms. The Labute approximate surface area is 302 Å². The molecule has 4 rings (SSSR count). The molecule has 2 aromatic carbocycles. The van der Waals surface area contributed by atoms with E-state index in [1.54, 1.807) is 0 Å². The zero-order chi connectivity index (χ0) is 29.6. The Morgan fingerprint density at radius 1 is 0.881 bits per heavy atom. The van der Waals surface area contributed by atoms with Gasteiger partial charge in [0.2, 0.25) is 16.5 Å². The minimum atomic E-state index is -5.04. The predicted octanol–water partition coefficient (Wildman–Crippen LogP) is -2.08. The van der Waals surface area contributed by atoms with Crippen molar-refractivity contribution < 1.29 is 89.9 Å². The van der Waals surface area contributed by atoms with Crippen LogP contribution in [0.2, 0.25) is 20.6 Å². The van der Waals surface area contributed by atoms with Gasteiger partial charge in [0.25, 0.3) is 5.91 Å². The van der Waals surface area contributed by atoms with Gasteiger partial charge in [-0.2, -0.15) is 35.3 Å². The molecule has 0 fully saturated rings. The molecule has 3 aromatic rings. The third-order valence-corrected chi connectivity index (χ3v) is 7.77. The number of hydrazone groups is 1. The van der Waals surface area contributed by atoms with E-state index in [1.165, 1.54) is 13.0 Å². The van der Waals surface area contributed by atoms with Gasteiger partial charge in [-0.3, -0.25) is 4.79 Å². The van der Waals surface area contributed by atoms with E-state index in [0.29, 0.717) is 0 Å². The van der Waals surface area contributed by atoms with Crippen molar-refractivity contribution in [3.05, 3.63) is 50.9 Å². The maximum Gasteiger partial charge on any atom is 1.00 e. The fourth-order valence-electron chi connectivity index (χ4n) is 3.25. The molecule has 1 aromatic heterocycles. The number of halogens is 4. The van der Waals surface area contributed by atoms with Gasteiger partial charge < -0.3 is 14.4 Å². The molecule has 1 aliphatic rings. The van der Waals surface area contributed by atoms with E-state index >= 15 is 0 Å². The summed E-state index contributed by atoms with van der Waals surface area (Å²) in [5, 5.41) is 13.8. The van der Waals surface area contributed by atoms with E-state index in [4.69, 9.17) is 46.4 Å². The Hall–Kier alpha value is -1.03. The van der Waals surface area contributed by atoms with Gasteiger partial charge in [0.05, 0.1) is 31.2 Å². The molecular weight excluding hydrogens is 704 g/mol. The number of benzene rings is 2. The molecule has 15 nitrogen and oxygen atoms in total. The number of nitrogens with zero attached hydrogens (tertiary/aromatic N) is 7. The number of aromatic nitrogens is 3. The second-order valence-electron chi connectivity index (χ2n) is 7.66. The Morgan fingerprint density at radius 2 is 1.48 bits per heavy atom. The first-order valence-corrected chi connectivity index (χ1v) is 14.6. The predicted molar refractivity (Wildman–Crippen MR) is 141 cm³/mol. The van der Waals surface area contributed by atoms with Crippen LogP contribution in [0.25, 0.3) is 0 Å². The largest absolute Gasteiger partial charge is 1.00 e. The second kappa shape index (κ2) is 14.4. The number of nitrogens with one attached hydrogen (secondary N) is 1. The summed E-state index contributed by atoms with van der Waals surface area (Å²) in [7, 11) is -9.99. The molecule has 1 aliphatic heterocycles. The van der Waals surface area contributed by atoms with E-state index in [2.05, 4.69) is 35.6 Å². The normalized spacial score (nSPS) is 15.3. The smallest absolute Gasteiger partial charge is 0.744 e. The van der Waals surface area contributed by atoms with Gasteiger partial charge in [-0.05, 0) is 60.5 Å². The minimum absolute atomic E-state index is 0. The summed E-state index contributed by atoms with van der Waals surface area (Å²) in [4.78, 5) is 22.7. The van der Waals surface area contributed by atoms with Crippen LogP contribution >= 0.6 is 46.4 Å². The van der Waals surface area contributed by atoms with Crippen molar-refractivity contribution in [3.8, 4) is 0 Å². The van der Waals surface area contributed by atoms with E-state index in [1.807, 2.05) is 0 Å². The number of carbonyl (C=O) groups excluding carboxylic acids is 1. The average Bonchev–Trinajstić information content (AvgIpc) is 3.09. The first-order valence-electron chi connectivity index (χ1n) is 10.2. The van der Waals surface area contributed by atoms with Crippen molar-refractivity contribution in [2.75, 3.05) is 10.3 Å². The molecular formula is C19H10Cl4N8Na2O7S2. The number of azo groups is 1. The number of rotatable bonds is 7. The van der Waals surface area contributed by atoms with E-state index in [-0.39, 0.29) is 97.7 Å². The van der Waals surface area contributed by atoms with Gasteiger partial charge in [0.1, 0.15) is 25.9 Å². The van der Waals surface area contributed by atoms with E-state index < -0.39 is 52.7 Å². The molecule has 1 unspecified atom stereocenters. The molecule has 1 amide bonds. The van der Waals surface area contributed by atoms with E-state index in [9.17, 15) is 30.7 Å². The van der Waals surface area contributed by atoms with Crippen molar-refractivity contribution >= 4 is 101 Å². The van der Waals surface area contributed by atoms with Gasteiger partial charge in [-0.25, -0.2) is 16.8 Å². The third kappa shape index (κ3) is 8.57. The molecule has 0 saturated carbocycles. The number of amides is 1. The van der Waals surface area contributed by atoms with Crippen LogP contribution in [0.5, 0.6) is 0 Å². The van der Waals surface area contributed by atoms with E-state index in [0.717, 1.165) is 29.3 Å². The van der Waals surface area contributed by atoms with Crippen molar-refractivity contribution in [2.24, 2.45) is 15.3 Å². The minimum Gasteiger partial charge on any atom is -0.744 e. The fourth-order valence-corrected chi connectivity index (χ4v) is 5.51. The SMILES string of the molecule is CC1=NN(c2cc(Cl)c(S(=O)(=O)[O-])cc2Cl)C(=O)C1N=Nc1cc(Nc2nc(Cl)nc(Cl)n2)ccc1S(=O)(=O)[O-].[Na+].[Na+]. The van der Waals surface area contributed by atoms with Gasteiger partial charge in [0.15, 0.2) is 6.04 Å². The second-order valence-corrected chi connectivity index (χ2v) is 11.8. The molecule has 2 heterocycles. The average molecular weight is 714 g/mol. The molecule has 1 N–H and O–H groups in total. The summed E-state index contributed by atoms with van der Waals surface area (Å²) in [5.41, 5.74) is -0.405. The summed E-state index contributed by atoms with van der Waals surface area (Å²) >= 11 is 23.4. The Kier molecular flexibility index (Phi) is 12.7. The van der Waals surface area contributed by atoms with Crippen LogP contribution in [-0.4, -0.2) is 58.6 Å². The Bertz CT molecular complexity index is 1830. The summed E-state index contributed by atoms with van der Waals surface area (Å²) in [6, 6.07) is 3.59. The molecule has 0 saturated heterocycles. The van der Waals surface area contributed by atoms with Crippen LogP contribution in [0.4, 0.5) is 23.0 Å². The first kappa shape index (κ1) is 37.2. The Balaban J connectivity index is 0.00000308. The maximum absolute atomic E-state index is 13.1. The van der Waals surface area contributed by atoms with Crippen LogP contribution in [0.3, 0.4) is 0 Å². The number of anilines is 3. The molecule has 23 heteroatoms. The third-order valence-electron chi connectivity index (χ3n) is 4.94. The van der Waals surface area contributed by atoms with Crippen LogP contribution in [-0.2, 0) is 25.0 Å². The number of hydrogen-bond acceptors (Lipinski definition) is 14. The molecule has 0 aliphatic carbocycles. The molecule has 1 atom stereocenters. The van der Waals surface area contributed by atoms with Crippen molar-refractivity contribution in [2.45, 2.75) is 22.8 Å². The van der Waals surface area contributed by atoms with Crippen LogP contribution < -0.4 is 69.4 Å². The van der Waals surface area contributed by atoms with Crippen LogP contribution in [0, 0.1) is 0 Å². The topological polar surface area (TPSA) is 222 Å². The molecule has 0 radical (unpaired) electrons. The molecule has 42 heavy (non-hydrogen) atoms.